The van der Waals surface area contributed by atoms with E-state index in [9.17, 15) is 9.59 Å². The molecular formula is C25H27N3O3S. The standard InChI is InChI=1S/C25H27N3O3S/c1-15-13-28-22(29)9-20(27-24(28)32-15)14-31-21-4-2-19(3-5-21)26-23(30)25-10-16-6-17(11-25)8-18(7-16)12-25/h2-5,9,13,16-18H,6-8,10-12,14H2,1H3,(H,26,30). The smallest absolute Gasteiger partial charge is 0.258 e. The molecule has 3 aromatic rings. The summed E-state index contributed by atoms with van der Waals surface area (Å²) >= 11 is 1.49. The number of rotatable bonds is 5. The SMILES string of the molecule is Cc1cn2c(=O)cc(COc3ccc(NC(=O)C45CC6CC(CC(C6)C4)C5)cc3)nc2s1. The number of nitrogens with one attached hydrogen (secondary N) is 1. The number of hydrogen-bond acceptors (Lipinski definition) is 5. The van der Waals surface area contributed by atoms with Gasteiger partial charge in [0.25, 0.3) is 5.56 Å². The van der Waals surface area contributed by atoms with Crippen LogP contribution in [-0.2, 0) is 11.4 Å². The lowest BCUT2D eigenvalue weighted by Crippen LogP contribution is -2.51. The van der Waals surface area contributed by atoms with Crippen LogP contribution in [0.25, 0.3) is 4.96 Å². The van der Waals surface area contributed by atoms with E-state index in [1.165, 1.54) is 36.7 Å². The maximum absolute atomic E-state index is 13.2. The van der Waals surface area contributed by atoms with Gasteiger partial charge < -0.3 is 10.1 Å². The summed E-state index contributed by atoms with van der Waals surface area (Å²) in [6.45, 7) is 2.18. The molecule has 0 spiro atoms. The minimum Gasteiger partial charge on any atom is -0.487 e. The number of ether oxygens (including phenoxy) is 1. The minimum absolute atomic E-state index is 0.0966. The van der Waals surface area contributed by atoms with Gasteiger partial charge in [-0.25, -0.2) is 4.98 Å². The first-order valence-electron chi connectivity index (χ1n) is 11.5. The van der Waals surface area contributed by atoms with Crippen LogP contribution in [-0.4, -0.2) is 15.3 Å². The Morgan fingerprint density at radius 3 is 2.47 bits per heavy atom. The molecule has 7 rings (SSSR count). The molecule has 7 heteroatoms. The molecule has 1 aromatic carbocycles. The highest BCUT2D eigenvalue weighted by Crippen LogP contribution is 2.60. The number of anilines is 1. The van der Waals surface area contributed by atoms with Gasteiger partial charge in [-0.3, -0.25) is 14.0 Å². The van der Waals surface area contributed by atoms with Gasteiger partial charge in [0.15, 0.2) is 4.96 Å². The second kappa shape index (κ2) is 7.44. The van der Waals surface area contributed by atoms with E-state index in [1.54, 1.807) is 10.6 Å². The third-order valence-electron chi connectivity index (χ3n) is 7.55. The molecule has 2 heterocycles. The predicted octanol–water partition coefficient (Wildman–Crippen LogP) is 4.80. The van der Waals surface area contributed by atoms with Gasteiger partial charge in [-0.1, -0.05) is 0 Å². The van der Waals surface area contributed by atoms with Crippen LogP contribution in [0.1, 0.15) is 49.1 Å². The summed E-state index contributed by atoms with van der Waals surface area (Å²) in [5.74, 6) is 3.14. The number of amides is 1. The van der Waals surface area contributed by atoms with Crippen molar-refractivity contribution < 1.29 is 9.53 Å². The topological polar surface area (TPSA) is 72.7 Å². The van der Waals surface area contributed by atoms with Crippen molar-refractivity contribution in [2.24, 2.45) is 23.2 Å². The molecule has 4 fully saturated rings. The van der Waals surface area contributed by atoms with Crippen LogP contribution < -0.4 is 15.6 Å². The molecular weight excluding hydrogens is 422 g/mol. The molecule has 0 saturated heterocycles. The van der Waals surface area contributed by atoms with Gasteiger partial charge in [-0.05, 0) is 87.5 Å². The average molecular weight is 450 g/mol. The highest BCUT2D eigenvalue weighted by Gasteiger charge is 2.54. The normalized spacial score (nSPS) is 28.2. The van der Waals surface area contributed by atoms with Crippen molar-refractivity contribution in [3.8, 4) is 5.75 Å². The van der Waals surface area contributed by atoms with Gasteiger partial charge >= 0.3 is 0 Å². The van der Waals surface area contributed by atoms with Crippen LogP contribution >= 0.6 is 11.3 Å². The Hall–Kier alpha value is -2.67. The summed E-state index contributed by atoms with van der Waals surface area (Å²) in [4.78, 5) is 31.7. The van der Waals surface area contributed by atoms with E-state index in [2.05, 4.69) is 10.3 Å². The largest absolute Gasteiger partial charge is 0.487 e. The molecule has 166 valence electrons. The summed E-state index contributed by atoms with van der Waals surface area (Å²) in [6, 6.07) is 9.01. The number of carbonyl (C=O) groups is 1. The van der Waals surface area contributed by atoms with Crippen molar-refractivity contribution in [2.75, 3.05) is 5.32 Å². The van der Waals surface area contributed by atoms with Gasteiger partial charge in [0.2, 0.25) is 5.91 Å². The Balaban J connectivity index is 1.11. The number of thiazole rings is 1. The van der Waals surface area contributed by atoms with E-state index in [4.69, 9.17) is 4.74 Å². The van der Waals surface area contributed by atoms with Crippen LogP contribution in [0.5, 0.6) is 5.75 Å². The Morgan fingerprint density at radius 1 is 1.16 bits per heavy atom. The molecule has 4 bridgehead atoms. The number of nitrogens with zero attached hydrogens (tertiary/aromatic N) is 2. The highest BCUT2D eigenvalue weighted by atomic mass is 32.1. The van der Waals surface area contributed by atoms with E-state index < -0.39 is 0 Å². The van der Waals surface area contributed by atoms with E-state index in [-0.39, 0.29) is 23.5 Å². The van der Waals surface area contributed by atoms with Crippen LogP contribution in [0.15, 0.2) is 41.3 Å². The van der Waals surface area contributed by atoms with Crippen molar-refractivity contribution >= 4 is 27.9 Å². The van der Waals surface area contributed by atoms with E-state index in [0.717, 1.165) is 47.6 Å². The average Bonchev–Trinajstić information content (AvgIpc) is 3.13. The number of fused-ring (bicyclic) bond motifs is 1. The van der Waals surface area contributed by atoms with Crippen molar-refractivity contribution in [2.45, 2.75) is 52.1 Å². The van der Waals surface area contributed by atoms with Crippen molar-refractivity contribution in [3.05, 3.63) is 57.5 Å². The lowest BCUT2D eigenvalue weighted by atomic mass is 9.49. The lowest BCUT2D eigenvalue weighted by Gasteiger charge is -2.55. The third-order valence-corrected chi connectivity index (χ3v) is 8.45. The van der Waals surface area contributed by atoms with Gasteiger partial charge in [0, 0.05) is 22.8 Å². The molecule has 0 atom stereocenters. The lowest BCUT2D eigenvalue weighted by molar-refractivity contribution is -0.140. The minimum atomic E-state index is -0.150. The molecule has 6 nitrogen and oxygen atoms in total. The van der Waals surface area contributed by atoms with Crippen molar-refractivity contribution in [3.63, 3.8) is 0 Å². The molecule has 0 radical (unpaired) electrons. The Morgan fingerprint density at radius 2 is 1.81 bits per heavy atom. The zero-order valence-electron chi connectivity index (χ0n) is 18.2. The molecule has 0 aliphatic heterocycles. The van der Waals surface area contributed by atoms with Crippen LogP contribution in [0.3, 0.4) is 0 Å². The van der Waals surface area contributed by atoms with Crippen LogP contribution in [0, 0.1) is 30.1 Å². The molecule has 4 saturated carbocycles. The second-order valence-electron chi connectivity index (χ2n) is 10.0. The summed E-state index contributed by atoms with van der Waals surface area (Å²) in [5.41, 5.74) is 1.17. The maximum Gasteiger partial charge on any atom is 0.258 e. The summed E-state index contributed by atoms with van der Waals surface area (Å²) < 4.78 is 7.40. The Labute approximate surface area is 190 Å². The molecule has 1 N–H and O–H groups in total. The number of carbonyl (C=O) groups excluding carboxylic acids is 1. The van der Waals surface area contributed by atoms with E-state index in [0.29, 0.717) is 16.4 Å². The quantitative estimate of drug-likeness (QED) is 0.607. The van der Waals surface area contributed by atoms with E-state index in [1.807, 2.05) is 31.2 Å². The number of aromatic nitrogens is 2. The third kappa shape index (κ3) is 3.52. The van der Waals surface area contributed by atoms with Crippen LogP contribution in [0.4, 0.5) is 5.69 Å². The van der Waals surface area contributed by atoms with Crippen LogP contribution in [0.2, 0.25) is 0 Å². The summed E-state index contributed by atoms with van der Waals surface area (Å²) in [5, 5.41) is 3.18. The van der Waals surface area contributed by atoms with Gasteiger partial charge in [-0.2, -0.15) is 0 Å². The molecule has 2 aromatic heterocycles. The zero-order valence-corrected chi connectivity index (χ0v) is 19.0. The summed E-state index contributed by atoms with van der Waals surface area (Å²) in [7, 11) is 0. The van der Waals surface area contributed by atoms with Gasteiger partial charge in [0.1, 0.15) is 12.4 Å². The maximum atomic E-state index is 13.2. The second-order valence-corrected chi connectivity index (χ2v) is 11.3. The predicted molar refractivity (Wildman–Crippen MR) is 124 cm³/mol. The van der Waals surface area contributed by atoms with E-state index >= 15 is 0 Å². The highest BCUT2D eigenvalue weighted by molar-refractivity contribution is 7.16. The Kier molecular flexibility index (Phi) is 4.64. The fourth-order valence-corrected chi connectivity index (χ4v) is 7.43. The fourth-order valence-electron chi connectivity index (χ4n) is 6.58. The first-order valence-corrected chi connectivity index (χ1v) is 12.3. The monoisotopic (exact) mass is 449 g/mol. The first-order chi connectivity index (χ1) is 15.5. The zero-order chi connectivity index (χ0) is 21.9. The molecule has 32 heavy (non-hydrogen) atoms. The number of aryl methyl sites for hydroxylation is 1. The molecule has 0 unspecified atom stereocenters. The molecule has 1 amide bonds. The molecule has 4 aliphatic carbocycles. The van der Waals surface area contributed by atoms with Gasteiger partial charge in [-0.15, -0.1) is 11.3 Å². The summed E-state index contributed by atoms with van der Waals surface area (Å²) in [6.07, 6.45) is 8.99. The Bertz CT molecular complexity index is 1210. The number of benzene rings is 1. The number of hydrogen-bond donors (Lipinski definition) is 1. The van der Waals surface area contributed by atoms with Crippen molar-refractivity contribution in [1.82, 2.24) is 9.38 Å². The first kappa shape index (κ1) is 20.0. The van der Waals surface area contributed by atoms with Crippen molar-refractivity contribution in [1.29, 1.82) is 0 Å². The van der Waals surface area contributed by atoms with Gasteiger partial charge in [0.05, 0.1) is 11.1 Å². The molecule has 4 aliphatic rings. The fraction of sp³-hybridized carbons (Fsp3) is 0.480.